The van der Waals surface area contributed by atoms with Crippen LogP contribution in [0.15, 0.2) is 13.2 Å². The van der Waals surface area contributed by atoms with Gasteiger partial charge in [-0.1, -0.05) is 12.8 Å². The number of unbranched alkanes of at least 4 members (excludes halogenated alkanes) is 3. The largest absolute Gasteiger partial charge is 0.481 e. The summed E-state index contributed by atoms with van der Waals surface area (Å²) in [6, 6.07) is 0. The second kappa shape index (κ2) is 12.8. The zero-order chi connectivity index (χ0) is 9.82. The molecule has 0 aliphatic rings. The van der Waals surface area contributed by atoms with Crippen LogP contribution in [-0.2, 0) is 4.79 Å². The van der Waals surface area contributed by atoms with Crippen molar-refractivity contribution in [1.29, 1.82) is 0 Å². The quantitative estimate of drug-likeness (QED) is 0.475. The number of carboxylic acids is 1. The highest BCUT2D eigenvalue weighted by molar-refractivity contribution is 5.66. The van der Waals surface area contributed by atoms with E-state index in [2.05, 4.69) is 13.2 Å². The van der Waals surface area contributed by atoms with E-state index in [-0.39, 0.29) is 0 Å². The Labute approximate surface area is 74.3 Å². The highest BCUT2D eigenvalue weighted by Gasteiger charge is 1.94. The lowest BCUT2D eigenvalue weighted by Crippen LogP contribution is -1.98. The lowest BCUT2D eigenvalue weighted by molar-refractivity contribution is -0.137. The summed E-state index contributed by atoms with van der Waals surface area (Å²) in [7, 11) is 0. The van der Waals surface area contributed by atoms with Crippen LogP contribution in [0.4, 0.5) is 0 Å². The van der Waals surface area contributed by atoms with Gasteiger partial charge in [-0.15, -0.1) is 13.2 Å². The molecule has 0 aromatic rings. The van der Waals surface area contributed by atoms with Gasteiger partial charge in [-0.25, -0.2) is 0 Å². The molecular weight excluding hydrogens is 154 g/mol. The monoisotopic (exact) mass is 173 g/mol. The Balaban J connectivity index is 0. The maximum Gasteiger partial charge on any atom is 0.303 e. The third-order valence-electron chi connectivity index (χ3n) is 1.34. The van der Waals surface area contributed by atoms with Crippen molar-refractivity contribution in [2.45, 2.75) is 32.1 Å². The van der Waals surface area contributed by atoms with Crippen LogP contribution in [-0.4, -0.2) is 17.6 Å². The minimum absolute atomic E-state index is 0.296. The van der Waals surface area contributed by atoms with E-state index < -0.39 is 5.97 Å². The zero-order valence-electron chi connectivity index (χ0n) is 7.59. The summed E-state index contributed by atoms with van der Waals surface area (Å²) >= 11 is 0. The van der Waals surface area contributed by atoms with Crippen molar-refractivity contribution in [3.8, 4) is 0 Å². The van der Waals surface area contributed by atoms with Crippen LogP contribution in [0, 0.1) is 0 Å². The molecule has 0 radical (unpaired) electrons. The molecule has 3 N–H and O–H groups in total. The fourth-order valence-electron chi connectivity index (χ4n) is 0.774. The molecule has 0 amide bonds. The maximum atomic E-state index is 10.0. The van der Waals surface area contributed by atoms with Gasteiger partial charge in [0.2, 0.25) is 0 Å². The Morgan fingerprint density at radius 1 is 1.17 bits per heavy atom. The summed E-state index contributed by atoms with van der Waals surface area (Å²) in [5.74, 6) is -0.701. The average molecular weight is 173 g/mol. The van der Waals surface area contributed by atoms with Crippen molar-refractivity contribution in [3.63, 3.8) is 0 Å². The maximum absolute atomic E-state index is 10.0. The van der Waals surface area contributed by atoms with E-state index in [1.165, 1.54) is 0 Å². The van der Waals surface area contributed by atoms with Crippen molar-refractivity contribution < 1.29 is 9.90 Å². The highest BCUT2D eigenvalue weighted by atomic mass is 16.4. The van der Waals surface area contributed by atoms with E-state index in [0.29, 0.717) is 13.0 Å². The first-order chi connectivity index (χ1) is 5.77. The van der Waals surface area contributed by atoms with Gasteiger partial charge in [0.15, 0.2) is 0 Å². The molecular formula is C9H19NO2. The molecule has 0 aliphatic carbocycles. The number of carboxylic acid groups (broad SMARTS) is 1. The SMILES string of the molecule is C=C.NCCCCCCC(=O)O. The van der Waals surface area contributed by atoms with Gasteiger partial charge < -0.3 is 10.8 Å². The van der Waals surface area contributed by atoms with Gasteiger partial charge >= 0.3 is 5.97 Å². The van der Waals surface area contributed by atoms with Crippen LogP contribution in [0.1, 0.15) is 32.1 Å². The number of carbonyl (C=O) groups is 1. The molecule has 0 atom stereocenters. The van der Waals surface area contributed by atoms with Gasteiger partial charge in [-0.3, -0.25) is 4.79 Å². The smallest absolute Gasteiger partial charge is 0.303 e. The Bertz CT molecular complexity index is 105. The fourth-order valence-corrected chi connectivity index (χ4v) is 0.774. The second-order valence-electron chi connectivity index (χ2n) is 2.35. The molecule has 0 aromatic heterocycles. The molecule has 72 valence electrons. The predicted molar refractivity (Wildman–Crippen MR) is 51.0 cm³/mol. The topological polar surface area (TPSA) is 63.3 Å². The molecule has 0 saturated carbocycles. The summed E-state index contributed by atoms with van der Waals surface area (Å²) in [6.45, 7) is 6.72. The van der Waals surface area contributed by atoms with Crippen LogP contribution in [0.25, 0.3) is 0 Å². The van der Waals surface area contributed by atoms with Crippen LogP contribution < -0.4 is 5.73 Å². The number of hydrogen-bond acceptors (Lipinski definition) is 2. The summed E-state index contributed by atoms with van der Waals surface area (Å²) in [5.41, 5.74) is 5.25. The second-order valence-corrected chi connectivity index (χ2v) is 2.35. The third-order valence-corrected chi connectivity index (χ3v) is 1.34. The molecule has 0 fully saturated rings. The van der Waals surface area contributed by atoms with Crippen molar-refractivity contribution in [2.24, 2.45) is 5.73 Å². The molecule has 0 bridgehead atoms. The minimum atomic E-state index is -0.701. The Hall–Kier alpha value is -0.830. The third kappa shape index (κ3) is 16.1. The molecule has 0 aliphatic heterocycles. The summed E-state index contributed by atoms with van der Waals surface area (Å²) in [4.78, 5) is 10.0. The van der Waals surface area contributed by atoms with Gasteiger partial charge in [-0.2, -0.15) is 0 Å². The minimum Gasteiger partial charge on any atom is -0.481 e. The standard InChI is InChI=1S/C7H15NO2.C2H4/c8-6-4-2-1-3-5-7(9)10;1-2/h1-6,8H2,(H,9,10);1-2H2. The van der Waals surface area contributed by atoms with Gasteiger partial charge in [0.05, 0.1) is 0 Å². The molecule has 3 heteroatoms. The number of aliphatic carboxylic acids is 1. The molecule has 3 nitrogen and oxygen atoms in total. The van der Waals surface area contributed by atoms with Gasteiger partial charge in [0.1, 0.15) is 0 Å². The van der Waals surface area contributed by atoms with Crippen LogP contribution in [0.3, 0.4) is 0 Å². The Morgan fingerprint density at radius 3 is 2.08 bits per heavy atom. The van der Waals surface area contributed by atoms with Crippen LogP contribution >= 0.6 is 0 Å². The molecule has 0 unspecified atom stereocenters. The van der Waals surface area contributed by atoms with Crippen molar-refractivity contribution >= 4 is 5.97 Å². The van der Waals surface area contributed by atoms with Crippen LogP contribution in [0.2, 0.25) is 0 Å². The van der Waals surface area contributed by atoms with E-state index >= 15 is 0 Å². The van der Waals surface area contributed by atoms with E-state index in [1.54, 1.807) is 0 Å². The Kier molecular flexibility index (Phi) is 14.7. The van der Waals surface area contributed by atoms with E-state index in [1.807, 2.05) is 0 Å². The first-order valence-corrected chi connectivity index (χ1v) is 4.19. The first kappa shape index (κ1) is 13.7. The molecule has 0 heterocycles. The summed E-state index contributed by atoms with van der Waals surface area (Å²) < 4.78 is 0. The molecule has 12 heavy (non-hydrogen) atoms. The first-order valence-electron chi connectivity index (χ1n) is 4.19. The van der Waals surface area contributed by atoms with Crippen molar-refractivity contribution in [2.75, 3.05) is 6.54 Å². The summed E-state index contributed by atoms with van der Waals surface area (Å²) in [6.07, 6.45) is 4.15. The predicted octanol–water partition coefficient (Wildman–Crippen LogP) is 1.78. The van der Waals surface area contributed by atoms with Gasteiger partial charge in [-0.05, 0) is 19.4 Å². The lowest BCUT2D eigenvalue weighted by atomic mass is 10.1. The molecule has 0 saturated heterocycles. The van der Waals surface area contributed by atoms with Gasteiger partial charge in [0, 0.05) is 6.42 Å². The van der Waals surface area contributed by atoms with Crippen molar-refractivity contribution in [1.82, 2.24) is 0 Å². The molecule has 0 aromatic carbocycles. The fraction of sp³-hybridized carbons (Fsp3) is 0.667. The zero-order valence-corrected chi connectivity index (χ0v) is 7.59. The van der Waals surface area contributed by atoms with E-state index in [4.69, 9.17) is 10.8 Å². The normalized spacial score (nSPS) is 8.42. The lowest BCUT2D eigenvalue weighted by Gasteiger charge is -1.95. The number of rotatable bonds is 6. The van der Waals surface area contributed by atoms with Crippen LogP contribution in [0.5, 0.6) is 0 Å². The Morgan fingerprint density at radius 2 is 1.67 bits per heavy atom. The average Bonchev–Trinajstić information content (AvgIpc) is 2.07. The van der Waals surface area contributed by atoms with Crippen molar-refractivity contribution in [3.05, 3.63) is 13.2 Å². The summed E-state index contributed by atoms with van der Waals surface area (Å²) in [5, 5.41) is 8.25. The highest BCUT2D eigenvalue weighted by Crippen LogP contribution is 2.01. The van der Waals surface area contributed by atoms with E-state index in [0.717, 1.165) is 25.7 Å². The number of nitrogens with two attached hydrogens (primary N) is 1. The molecule has 0 rings (SSSR count). The van der Waals surface area contributed by atoms with Gasteiger partial charge in [0.25, 0.3) is 0 Å². The number of hydrogen-bond donors (Lipinski definition) is 2. The molecule has 0 spiro atoms. The van der Waals surface area contributed by atoms with E-state index in [9.17, 15) is 4.79 Å².